The van der Waals surface area contributed by atoms with Crippen molar-refractivity contribution in [2.24, 2.45) is 0 Å². The summed E-state index contributed by atoms with van der Waals surface area (Å²) in [6, 6.07) is 13.7. The SMILES string of the molecule is COc1ccc2[nH]c(-c3cccc(Cl)c3)c(CCNC(C)=O)c2c1. The molecule has 2 N–H and O–H groups in total. The fourth-order valence-electron chi connectivity index (χ4n) is 2.87. The highest BCUT2D eigenvalue weighted by Crippen LogP contribution is 2.33. The van der Waals surface area contributed by atoms with Gasteiger partial charge in [-0.3, -0.25) is 4.79 Å². The van der Waals surface area contributed by atoms with Gasteiger partial charge in [0, 0.05) is 35.1 Å². The number of rotatable bonds is 5. The molecular weight excluding hydrogens is 324 g/mol. The van der Waals surface area contributed by atoms with Gasteiger partial charge in [0.2, 0.25) is 5.91 Å². The first-order chi connectivity index (χ1) is 11.6. The van der Waals surface area contributed by atoms with Crippen molar-refractivity contribution in [1.82, 2.24) is 10.3 Å². The molecule has 0 fully saturated rings. The van der Waals surface area contributed by atoms with Crippen LogP contribution in [0.5, 0.6) is 5.75 Å². The first-order valence-corrected chi connectivity index (χ1v) is 8.15. The van der Waals surface area contributed by atoms with Gasteiger partial charge in [-0.2, -0.15) is 0 Å². The molecule has 0 aliphatic carbocycles. The lowest BCUT2D eigenvalue weighted by molar-refractivity contribution is -0.118. The predicted octanol–water partition coefficient (Wildman–Crippen LogP) is 4.18. The van der Waals surface area contributed by atoms with Crippen LogP contribution in [0.1, 0.15) is 12.5 Å². The van der Waals surface area contributed by atoms with Crippen LogP contribution in [0.4, 0.5) is 0 Å². The lowest BCUT2D eigenvalue weighted by Gasteiger charge is -2.07. The van der Waals surface area contributed by atoms with Crippen molar-refractivity contribution in [1.29, 1.82) is 0 Å². The highest BCUT2D eigenvalue weighted by molar-refractivity contribution is 6.30. The maximum absolute atomic E-state index is 11.2. The number of halogens is 1. The van der Waals surface area contributed by atoms with Crippen LogP contribution in [-0.2, 0) is 11.2 Å². The molecule has 0 unspecified atom stereocenters. The molecule has 4 nitrogen and oxygen atoms in total. The summed E-state index contributed by atoms with van der Waals surface area (Å²) in [5.41, 5.74) is 4.21. The summed E-state index contributed by atoms with van der Waals surface area (Å²) in [6.07, 6.45) is 0.717. The van der Waals surface area contributed by atoms with E-state index in [9.17, 15) is 4.79 Å². The number of benzene rings is 2. The monoisotopic (exact) mass is 342 g/mol. The number of ether oxygens (including phenoxy) is 1. The number of H-pyrrole nitrogens is 1. The molecule has 0 aliphatic rings. The second-order valence-corrected chi connectivity index (χ2v) is 6.07. The largest absolute Gasteiger partial charge is 0.497 e. The minimum atomic E-state index is -0.0308. The second kappa shape index (κ2) is 6.97. The minimum absolute atomic E-state index is 0.0308. The fraction of sp³-hybridized carbons (Fsp3) is 0.211. The predicted molar refractivity (Wildman–Crippen MR) is 97.7 cm³/mol. The van der Waals surface area contributed by atoms with Crippen molar-refractivity contribution in [3.63, 3.8) is 0 Å². The van der Waals surface area contributed by atoms with Gasteiger partial charge in [-0.25, -0.2) is 0 Å². The Morgan fingerprint density at radius 2 is 2.08 bits per heavy atom. The molecule has 0 radical (unpaired) electrons. The van der Waals surface area contributed by atoms with Gasteiger partial charge in [0.25, 0.3) is 0 Å². The first-order valence-electron chi connectivity index (χ1n) is 7.77. The van der Waals surface area contributed by atoms with Crippen LogP contribution in [0.25, 0.3) is 22.2 Å². The number of aromatic amines is 1. The molecule has 1 aromatic heterocycles. The Morgan fingerprint density at radius 1 is 1.25 bits per heavy atom. The van der Waals surface area contributed by atoms with Crippen molar-refractivity contribution < 1.29 is 9.53 Å². The number of carbonyl (C=O) groups is 1. The molecule has 0 spiro atoms. The minimum Gasteiger partial charge on any atom is -0.497 e. The molecule has 1 amide bonds. The molecule has 0 saturated carbocycles. The lowest BCUT2D eigenvalue weighted by Crippen LogP contribution is -2.22. The van der Waals surface area contributed by atoms with E-state index >= 15 is 0 Å². The first kappa shape index (κ1) is 16.4. The zero-order valence-electron chi connectivity index (χ0n) is 13.7. The summed E-state index contributed by atoms with van der Waals surface area (Å²) in [7, 11) is 1.66. The van der Waals surface area contributed by atoms with E-state index in [1.54, 1.807) is 7.11 Å². The molecule has 124 valence electrons. The van der Waals surface area contributed by atoms with Crippen LogP contribution < -0.4 is 10.1 Å². The van der Waals surface area contributed by atoms with Gasteiger partial charge in [-0.15, -0.1) is 0 Å². The molecule has 3 aromatic rings. The van der Waals surface area contributed by atoms with E-state index in [0.29, 0.717) is 18.0 Å². The summed E-state index contributed by atoms with van der Waals surface area (Å²) in [4.78, 5) is 14.6. The quantitative estimate of drug-likeness (QED) is 0.731. The van der Waals surface area contributed by atoms with Gasteiger partial charge >= 0.3 is 0 Å². The fourth-order valence-corrected chi connectivity index (χ4v) is 3.06. The number of amides is 1. The van der Waals surface area contributed by atoms with Crippen molar-refractivity contribution >= 4 is 28.4 Å². The van der Waals surface area contributed by atoms with E-state index in [1.807, 2.05) is 42.5 Å². The van der Waals surface area contributed by atoms with Crippen LogP contribution in [0.15, 0.2) is 42.5 Å². The van der Waals surface area contributed by atoms with Gasteiger partial charge in [0.15, 0.2) is 0 Å². The number of aromatic nitrogens is 1. The van der Waals surface area contributed by atoms with E-state index < -0.39 is 0 Å². The zero-order chi connectivity index (χ0) is 17.1. The highest BCUT2D eigenvalue weighted by Gasteiger charge is 2.14. The average Bonchev–Trinajstić information content (AvgIpc) is 2.92. The molecule has 0 saturated heterocycles. The molecule has 5 heteroatoms. The van der Waals surface area contributed by atoms with Crippen LogP contribution in [0, 0.1) is 0 Å². The van der Waals surface area contributed by atoms with Crippen LogP contribution in [-0.4, -0.2) is 24.5 Å². The number of carbonyl (C=O) groups excluding carboxylic acids is 1. The van der Waals surface area contributed by atoms with E-state index in [-0.39, 0.29) is 5.91 Å². The third kappa shape index (κ3) is 3.39. The van der Waals surface area contributed by atoms with Gasteiger partial charge in [0.05, 0.1) is 7.11 Å². The molecule has 2 aromatic carbocycles. The second-order valence-electron chi connectivity index (χ2n) is 5.63. The summed E-state index contributed by atoms with van der Waals surface area (Å²) in [5.74, 6) is 0.775. The van der Waals surface area contributed by atoms with E-state index in [2.05, 4.69) is 10.3 Å². The molecule has 3 rings (SSSR count). The number of hydrogen-bond donors (Lipinski definition) is 2. The Morgan fingerprint density at radius 3 is 2.79 bits per heavy atom. The summed E-state index contributed by atoms with van der Waals surface area (Å²) >= 11 is 6.15. The Hall–Kier alpha value is -2.46. The molecule has 0 atom stereocenters. The van der Waals surface area contributed by atoms with Crippen molar-refractivity contribution in [3.8, 4) is 17.0 Å². The van der Waals surface area contributed by atoms with Crippen LogP contribution in [0.2, 0.25) is 5.02 Å². The van der Waals surface area contributed by atoms with Gasteiger partial charge in [-0.05, 0) is 47.9 Å². The molecule has 0 aliphatic heterocycles. The van der Waals surface area contributed by atoms with Gasteiger partial charge < -0.3 is 15.0 Å². The van der Waals surface area contributed by atoms with Gasteiger partial charge in [-0.1, -0.05) is 23.7 Å². The maximum Gasteiger partial charge on any atom is 0.216 e. The Kier molecular flexibility index (Phi) is 4.76. The van der Waals surface area contributed by atoms with E-state index in [4.69, 9.17) is 16.3 Å². The molecule has 24 heavy (non-hydrogen) atoms. The summed E-state index contributed by atoms with van der Waals surface area (Å²) < 4.78 is 5.35. The van der Waals surface area contributed by atoms with Crippen LogP contribution >= 0.6 is 11.6 Å². The summed E-state index contributed by atoms with van der Waals surface area (Å²) in [6.45, 7) is 2.10. The average molecular weight is 343 g/mol. The van der Waals surface area contributed by atoms with Crippen molar-refractivity contribution in [2.75, 3.05) is 13.7 Å². The van der Waals surface area contributed by atoms with Crippen molar-refractivity contribution in [3.05, 3.63) is 53.1 Å². The topological polar surface area (TPSA) is 54.1 Å². The number of methoxy groups -OCH3 is 1. The lowest BCUT2D eigenvalue weighted by atomic mass is 10.0. The Labute approximate surface area is 145 Å². The number of nitrogens with one attached hydrogen (secondary N) is 2. The zero-order valence-corrected chi connectivity index (χ0v) is 14.4. The van der Waals surface area contributed by atoms with E-state index in [1.165, 1.54) is 6.92 Å². The van der Waals surface area contributed by atoms with Crippen LogP contribution in [0.3, 0.4) is 0 Å². The normalized spacial score (nSPS) is 10.8. The highest BCUT2D eigenvalue weighted by atomic mass is 35.5. The smallest absolute Gasteiger partial charge is 0.216 e. The molecule has 0 bridgehead atoms. The summed E-state index contributed by atoms with van der Waals surface area (Å²) in [5, 5.41) is 4.64. The Bertz CT molecular complexity index is 886. The molecule has 1 heterocycles. The van der Waals surface area contributed by atoms with Gasteiger partial charge in [0.1, 0.15) is 5.75 Å². The number of fused-ring (bicyclic) bond motifs is 1. The molecular formula is C19H19ClN2O2. The Balaban J connectivity index is 2.10. The van der Waals surface area contributed by atoms with E-state index in [0.717, 1.165) is 33.5 Å². The van der Waals surface area contributed by atoms with Crippen molar-refractivity contribution in [2.45, 2.75) is 13.3 Å². The number of hydrogen-bond acceptors (Lipinski definition) is 2. The third-order valence-electron chi connectivity index (χ3n) is 3.98. The standard InChI is InChI=1S/C19H19ClN2O2/c1-12(23)21-9-8-16-17-11-15(24-2)6-7-18(17)22-19(16)13-4-3-5-14(20)10-13/h3-7,10-11,22H,8-9H2,1-2H3,(H,21,23). The maximum atomic E-state index is 11.2. The third-order valence-corrected chi connectivity index (χ3v) is 4.21.